The van der Waals surface area contributed by atoms with Gasteiger partial charge in [-0.2, -0.15) is 0 Å². The van der Waals surface area contributed by atoms with E-state index in [1.165, 1.54) is 0 Å². The first-order chi connectivity index (χ1) is 13.2. The van der Waals surface area contributed by atoms with Crippen molar-refractivity contribution >= 4 is 11.8 Å². The standard InChI is InChI=1S/C21H22N2O4/c24-20(12-15-4-2-1-3-5-15)23-10-8-17(9-11-23)22-21(25)16-6-7-18-19(13-16)27-14-26-18/h1-7,13,17H,8-12,14H2,(H,22,25). The molecule has 0 atom stereocenters. The molecule has 6 nitrogen and oxygen atoms in total. The zero-order valence-electron chi connectivity index (χ0n) is 15.0. The molecule has 2 amide bonds. The van der Waals surface area contributed by atoms with Crippen molar-refractivity contribution in [3.05, 3.63) is 59.7 Å². The highest BCUT2D eigenvalue weighted by molar-refractivity contribution is 5.95. The molecule has 1 saturated heterocycles. The smallest absolute Gasteiger partial charge is 0.251 e. The number of rotatable bonds is 4. The van der Waals surface area contributed by atoms with Gasteiger partial charge in [0.15, 0.2) is 11.5 Å². The van der Waals surface area contributed by atoms with Gasteiger partial charge in [-0.1, -0.05) is 30.3 Å². The van der Waals surface area contributed by atoms with Gasteiger partial charge in [0.1, 0.15) is 0 Å². The number of hydrogen-bond acceptors (Lipinski definition) is 4. The van der Waals surface area contributed by atoms with Gasteiger partial charge >= 0.3 is 0 Å². The number of fused-ring (bicyclic) bond motifs is 1. The van der Waals surface area contributed by atoms with Crippen molar-refractivity contribution in [2.24, 2.45) is 0 Å². The number of nitrogens with one attached hydrogen (secondary N) is 1. The number of piperidine rings is 1. The Balaban J connectivity index is 1.28. The lowest BCUT2D eigenvalue weighted by Gasteiger charge is -2.32. The van der Waals surface area contributed by atoms with E-state index in [-0.39, 0.29) is 24.6 Å². The molecular formula is C21H22N2O4. The maximum Gasteiger partial charge on any atom is 0.251 e. The minimum Gasteiger partial charge on any atom is -0.454 e. The van der Waals surface area contributed by atoms with Crippen LogP contribution < -0.4 is 14.8 Å². The summed E-state index contributed by atoms with van der Waals surface area (Å²) < 4.78 is 10.6. The molecule has 0 unspecified atom stereocenters. The first-order valence-electron chi connectivity index (χ1n) is 9.21. The number of carbonyl (C=O) groups is 2. The second-order valence-corrected chi connectivity index (χ2v) is 6.86. The van der Waals surface area contributed by atoms with Gasteiger partial charge in [0.05, 0.1) is 6.42 Å². The molecule has 0 aromatic heterocycles. The van der Waals surface area contributed by atoms with Gasteiger partial charge in [0, 0.05) is 24.7 Å². The van der Waals surface area contributed by atoms with Crippen LogP contribution in [0.3, 0.4) is 0 Å². The Bertz CT molecular complexity index is 829. The number of ether oxygens (including phenoxy) is 2. The van der Waals surface area contributed by atoms with Crippen molar-refractivity contribution in [2.75, 3.05) is 19.9 Å². The highest BCUT2D eigenvalue weighted by Crippen LogP contribution is 2.32. The Labute approximate surface area is 158 Å². The van der Waals surface area contributed by atoms with Crippen LogP contribution in [0.5, 0.6) is 11.5 Å². The number of hydrogen-bond donors (Lipinski definition) is 1. The molecule has 1 fully saturated rings. The summed E-state index contributed by atoms with van der Waals surface area (Å²) in [5, 5.41) is 3.06. The molecule has 0 spiro atoms. The van der Waals surface area contributed by atoms with Crippen molar-refractivity contribution in [1.29, 1.82) is 0 Å². The Hall–Kier alpha value is -3.02. The van der Waals surface area contributed by atoms with Gasteiger partial charge in [-0.15, -0.1) is 0 Å². The van der Waals surface area contributed by atoms with Crippen LogP contribution in [0.25, 0.3) is 0 Å². The second kappa shape index (κ2) is 7.70. The van der Waals surface area contributed by atoms with E-state index in [1.807, 2.05) is 35.2 Å². The summed E-state index contributed by atoms with van der Waals surface area (Å²) in [5.41, 5.74) is 1.59. The predicted octanol–water partition coefficient (Wildman–Crippen LogP) is 2.38. The third-order valence-corrected chi connectivity index (χ3v) is 5.02. The molecular weight excluding hydrogens is 344 g/mol. The number of amides is 2. The summed E-state index contributed by atoms with van der Waals surface area (Å²) in [4.78, 5) is 26.8. The number of benzene rings is 2. The average Bonchev–Trinajstić information content (AvgIpc) is 3.17. The summed E-state index contributed by atoms with van der Waals surface area (Å²) in [6.45, 7) is 1.52. The van der Waals surface area contributed by atoms with Gasteiger partial charge in [0.25, 0.3) is 5.91 Å². The van der Waals surface area contributed by atoms with E-state index in [9.17, 15) is 9.59 Å². The molecule has 2 aliphatic heterocycles. The highest BCUT2D eigenvalue weighted by atomic mass is 16.7. The van der Waals surface area contributed by atoms with Crippen LogP contribution in [-0.2, 0) is 11.2 Å². The van der Waals surface area contributed by atoms with Crippen LogP contribution >= 0.6 is 0 Å². The van der Waals surface area contributed by atoms with Gasteiger partial charge in [0.2, 0.25) is 12.7 Å². The summed E-state index contributed by atoms with van der Waals surface area (Å²) in [6, 6.07) is 15.0. The van der Waals surface area contributed by atoms with E-state index in [1.54, 1.807) is 18.2 Å². The second-order valence-electron chi connectivity index (χ2n) is 6.86. The van der Waals surface area contributed by atoms with Crippen LogP contribution in [0.15, 0.2) is 48.5 Å². The normalized spacial score (nSPS) is 16.2. The van der Waals surface area contributed by atoms with Crippen LogP contribution in [0.4, 0.5) is 0 Å². The van der Waals surface area contributed by atoms with Crippen molar-refractivity contribution in [2.45, 2.75) is 25.3 Å². The highest BCUT2D eigenvalue weighted by Gasteiger charge is 2.25. The van der Waals surface area contributed by atoms with Crippen LogP contribution in [-0.4, -0.2) is 42.6 Å². The van der Waals surface area contributed by atoms with E-state index in [0.717, 1.165) is 18.4 Å². The van der Waals surface area contributed by atoms with E-state index in [4.69, 9.17) is 9.47 Å². The lowest BCUT2D eigenvalue weighted by Crippen LogP contribution is -2.46. The van der Waals surface area contributed by atoms with Crippen molar-refractivity contribution < 1.29 is 19.1 Å². The van der Waals surface area contributed by atoms with Crippen molar-refractivity contribution in [1.82, 2.24) is 10.2 Å². The Morgan fingerprint density at radius 2 is 1.74 bits per heavy atom. The molecule has 2 aliphatic rings. The molecule has 0 saturated carbocycles. The van der Waals surface area contributed by atoms with E-state index in [2.05, 4.69) is 5.32 Å². The molecule has 1 N–H and O–H groups in total. The molecule has 0 bridgehead atoms. The maximum absolute atomic E-state index is 12.5. The summed E-state index contributed by atoms with van der Waals surface area (Å²) in [6.07, 6.45) is 1.95. The third kappa shape index (κ3) is 4.05. The van der Waals surface area contributed by atoms with E-state index < -0.39 is 0 Å². The summed E-state index contributed by atoms with van der Waals surface area (Å²) in [5.74, 6) is 1.28. The Morgan fingerprint density at radius 1 is 1.00 bits per heavy atom. The Kier molecular flexibility index (Phi) is 4.96. The SMILES string of the molecule is O=C(NC1CCN(C(=O)Cc2ccccc2)CC1)c1ccc2c(c1)OCO2. The largest absolute Gasteiger partial charge is 0.454 e. The van der Waals surface area contributed by atoms with Gasteiger partial charge < -0.3 is 19.7 Å². The number of carbonyl (C=O) groups excluding carboxylic acids is 2. The molecule has 4 rings (SSSR count). The first-order valence-corrected chi connectivity index (χ1v) is 9.21. The monoisotopic (exact) mass is 366 g/mol. The topological polar surface area (TPSA) is 67.9 Å². The molecule has 6 heteroatoms. The molecule has 140 valence electrons. The number of likely N-dealkylation sites (tertiary alicyclic amines) is 1. The van der Waals surface area contributed by atoms with Gasteiger partial charge in [-0.3, -0.25) is 9.59 Å². The van der Waals surface area contributed by atoms with Crippen LogP contribution in [0, 0.1) is 0 Å². The zero-order valence-corrected chi connectivity index (χ0v) is 15.0. The molecule has 2 aromatic rings. The lowest BCUT2D eigenvalue weighted by molar-refractivity contribution is -0.131. The van der Waals surface area contributed by atoms with Crippen molar-refractivity contribution in [3.8, 4) is 11.5 Å². The molecule has 2 heterocycles. The molecule has 0 radical (unpaired) electrons. The minimum absolute atomic E-state index is 0.0729. The van der Waals surface area contributed by atoms with Crippen molar-refractivity contribution in [3.63, 3.8) is 0 Å². The molecule has 2 aromatic carbocycles. The van der Waals surface area contributed by atoms with Crippen LogP contribution in [0.1, 0.15) is 28.8 Å². The summed E-state index contributed by atoms with van der Waals surface area (Å²) >= 11 is 0. The van der Waals surface area contributed by atoms with Gasteiger partial charge in [-0.05, 0) is 36.6 Å². The first kappa shape index (κ1) is 17.4. The van der Waals surface area contributed by atoms with Gasteiger partial charge in [-0.25, -0.2) is 0 Å². The minimum atomic E-state index is -0.123. The average molecular weight is 366 g/mol. The number of nitrogens with zero attached hydrogens (tertiary/aromatic N) is 1. The third-order valence-electron chi connectivity index (χ3n) is 5.02. The zero-order chi connectivity index (χ0) is 18.6. The fourth-order valence-corrected chi connectivity index (χ4v) is 3.46. The predicted molar refractivity (Wildman–Crippen MR) is 99.8 cm³/mol. The quantitative estimate of drug-likeness (QED) is 0.902. The van der Waals surface area contributed by atoms with E-state index >= 15 is 0 Å². The molecule has 0 aliphatic carbocycles. The Morgan fingerprint density at radius 3 is 2.52 bits per heavy atom. The lowest BCUT2D eigenvalue weighted by atomic mass is 10.0. The fourth-order valence-electron chi connectivity index (χ4n) is 3.46. The fraction of sp³-hybridized carbons (Fsp3) is 0.333. The summed E-state index contributed by atoms with van der Waals surface area (Å²) in [7, 11) is 0. The van der Waals surface area contributed by atoms with Crippen LogP contribution in [0.2, 0.25) is 0 Å². The maximum atomic E-state index is 12.5. The van der Waals surface area contributed by atoms with E-state index in [0.29, 0.717) is 36.6 Å². The molecule has 27 heavy (non-hydrogen) atoms.